The van der Waals surface area contributed by atoms with E-state index in [1.807, 2.05) is 72.8 Å². The molecule has 0 unspecified atom stereocenters. The summed E-state index contributed by atoms with van der Waals surface area (Å²) in [7, 11) is 5.02. The van der Waals surface area contributed by atoms with E-state index in [1.165, 1.54) is 0 Å². The molecule has 0 radical (unpaired) electrons. The average molecular weight is 406 g/mol. The summed E-state index contributed by atoms with van der Waals surface area (Å²) in [6, 6.07) is 22.4. The van der Waals surface area contributed by atoms with E-state index >= 15 is 0 Å². The van der Waals surface area contributed by atoms with Crippen molar-refractivity contribution in [2.75, 3.05) is 39.7 Å². The molecule has 0 saturated carbocycles. The minimum absolute atomic E-state index is 0.0788. The molecular weight excluding hydrogens is 380 g/mol. The van der Waals surface area contributed by atoms with Crippen LogP contribution in [-0.4, -0.2) is 45.2 Å². The molecule has 0 aliphatic carbocycles. The second-order valence-corrected chi connectivity index (χ2v) is 6.65. The lowest BCUT2D eigenvalue weighted by molar-refractivity contribution is 0.0775. The first-order valence-electron chi connectivity index (χ1n) is 9.63. The van der Waals surface area contributed by atoms with Crippen molar-refractivity contribution in [2.45, 2.75) is 0 Å². The highest BCUT2D eigenvalue weighted by atomic mass is 16.5. The van der Waals surface area contributed by atoms with Crippen LogP contribution < -0.4 is 19.5 Å². The third-order valence-corrected chi connectivity index (χ3v) is 4.63. The summed E-state index contributed by atoms with van der Waals surface area (Å²) in [4.78, 5) is 14.6. The summed E-state index contributed by atoms with van der Waals surface area (Å²) < 4.78 is 16.1. The second-order valence-electron chi connectivity index (χ2n) is 6.65. The Morgan fingerprint density at radius 2 is 1.40 bits per heavy atom. The quantitative estimate of drug-likeness (QED) is 0.563. The SMILES string of the molecule is COc1ccc(Nc2ccccc2C(=O)N(C)CCOc2ccc(OC)cc2)cc1. The molecule has 3 aromatic rings. The van der Waals surface area contributed by atoms with Crippen molar-refractivity contribution < 1.29 is 19.0 Å². The van der Waals surface area contributed by atoms with Gasteiger partial charge in [-0.15, -0.1) is 0 Å². The number of para-hydroxylation sites is 1. The molecule has 0 spiro atoms. The smallest absolute Gasteiger partial charge is 0.255 e. The number of ether oxygens (including phenoxy) is 3. The van der Waals surface area contributed by atoms with Crippen molar-refractivity contribution in [2.24, 2.45) is 0 Å². The lowest BCUT2D eigenvalue weighted by atomic mass is 10.1. The zero-order chi connectivity index (χ0) is 21.3. The van der Waals surface area contributed by atoms with E-state index in [9.17, 15) is 4.79 Å². The monoisotopic (exact) mass is 406 g/mol. The lowest BCUT2D eigenvalue weighted by Crippen LogP contribution is -2.31. The second kappa shape index (κ2) is 10.2. The first-order chi connectivity index (χ1) is 14.6. The lowest BCUT2D eigenvalue weighted by Gasteiger charge is -2.20. The Bertz CT molecular complexity index is 956. The summed E-state index contributed by atoms with van der Waals surface area (Å²) in [5, 5.41) is 3.31. The number of likely N-dealkylation sites (N-methyl/N-ethyl adjacent to an activating group) is 1. The van der Waals surface area contributed by atoms with Gasteiger partial charge < -0.3 is 24.4 Å². The van der Waals surface area contributed by atoms with Gasteiger partial charge in [0.05, 0.1) is 32.0 Å². The van der Waals surface area contributed by atoms with E-state index < -0.39 is 0 Å². The summed E-state index contributed by atoms with van der Waals surface area (Å²) in [6.07, 6.45) is 0. The molecule has 6 nitrogen and oxygen atoms in total. The Morgan fingerprint density at radius 1 is 0.833 bits per heavy atom. The van der Waals surface area contributed by atoms with Crippen LogP contribution in [0.25, 0.3) is 0 Å². The molecule has 3 rings (SSSR count). The third kappa shape index (κ3) is 5.44. The largest absolute Gasteiger partial charge is 0.497 e. The average Bonchev–Trinajstić information content (AvgIpc) is 2.80. The highest BCUT2D eigenvalue weighted by Gasteiger charge is 2.15. The molecule has 1 amide bonds. The minimum atomic E-state index is -0.0788. The Kier molecular flexibility index (Phi) is 7.16. The van der Waals surface area contributed by atoms with Crippen LogP contribution in [0.15, 0.2) is 72.8 Å². The Labute approximate surface area is 177 Å². The summed E-state index contributed by atoms with van der Waals surface area (Å²) in [5.41, 5.74) is 2.22. The first kappa shape index (κ1) is 21.0. The maximum atomic E-state index is 13.0. The van der Waals surface area contributed by atoms with E-state index in [4.69, 9.17) is 14.2 Å². The molecule has 0 atom stereocenters. The van der Waals surface area contributed by atoms with Gasteiger partial charge in [0.25, 0.3) is 5.91 Å². The topological polar surface area (TPSA) is 60.0 Å². The fraction of sp³-hybridized carbons (Fsp3) is 0.208. The van der Waals surface area contributed by atoms with Gasteiger partial charge in [-0.1, -0.05) is 12.1 Å². The number of amides is 1. The zero-order valence-electron chi connectivity index (χ0n) is 17.4. The predicted octanol–water partition coefficient (Wildman–Crippen LogP) is 4.60. The maximum absolute atomic E-state index is 13.0. The van der Waals surface area contributed by atoms with Gasteiger partial charge in [0.1, 0.15) is 23.9 Å². The van der Waals surface area contributed by atoms with E-state index in [2.05, 4.69) is 5.32 Å². The Morgan fingerprint density at radius 3 is 2.03 bits per heavy atom. The number of carbonyl (C=O) groups excluding carboxylic acids is 1. The molecule has 0 heterocycles. The van der Waals surface area contributed by atoms with Crippen LogP contribution >= 0.6 is 0 Å². The fourth-order valence-electron chi connectivity index (χ4n) is 2.89. The van der Waals surface area contributed by atoms with Crippen LogP contribution in [0.3, 0.4) is 0 Å². The molecule has 0 aliphatic rings. The standard InChI is InChI=1S/C24H26N2O4/c1-26(16-17-30-21-14-12-20(29-3)13-15-21)24(27)22-6-4-5-7-23(22)25-18-8-10-19(28-2)11-9-18/h4-15,25H,16-17H2,1-3H3. The molecule has 0 aromatic heterocycles. The number of rotatable bonds is 9. The summed E-state index contributed by atoms with van der Waals surface area (Å²) in [6.45, 7) is 0.852. The number of hydrogen-bond acceptors (Lipinski definition) is 5. The highest BCUT2D eigenvalue weighted by molar-refractivity contribution is 6.00. The molecule has 1 N–H and O–H groups in total. The number of hydrogen-bond donors (Lipinski definition) is 1. The molecular formula is C24H26N2O4. The van der Waals surface area contributed by atoms with Crippen molar-refractivity contribution in [3.63, 3.8) is 0 Å². The number of nitrogens with one attached hydrogen (secondary N) is 1. The Balaban J connectivity index is 1.60. The van der Waals surface area contributed by atoms with Crippen LogP contribution in [0.1, 0.15) is 10.4 Å². The summed E-state index contributed by atoms with van der Waals surface area (Å²) in [5.74, 6) is 2.21. The maximum Gasteiger partial charge on any atom is 0.255 e. The van der Waals surface area contributed by atoms with Crippen molar-refractivity contribution >= 4 is 17.3 Å². The molecule has 0 saturated heterocycles. The Hall–Kier alpha value is -3.67. The van der Waals surface area contributed by atoms with Gasteiger partial charge in [-0.2, -0.15) is 0 Å². The molecule has 0 aliphatic heterocycles. The van der Waals surface area contributed by atoms with Crippen LogP contribution in [0.5, 0.6) is 17.2 Å². The van der Waals surface area contributed by atoms with Gasteiger partial charge in [-0.3, -0.25) is 4.79 Å². The van der Waals surface area contributed by atoms with Gasteiger partial charge in [-0.25, -0.2) is 0 Å². The number of methoxy groups -OCH3 is 2. The van der Waals surface area contributed by atoms with Crippen LogP contribution in [0, 0.1) is 0 Å². The van der Waals surface area contributed by atoms with Gasteiger partial charge in [0.2, 0.25) is 0 Å². The molecule has 0 bridgehead atoms. The minimum Gasteiger partial charge on any atom is -0.497 e. The van der Waals surface area contributed by atoms with Crippen molar-refractivity contribution in [3.8, 4) is 17.2 Å². The normalized spacial score (nSPS) is 10.2. The van der Waals surface area contributed by atoms with Crippen LogP contribution in [0.2, 0.25) is 0 Å². The first-order valence-corrected chi connectivity index (χ1v) is 9.63. The number of carbonyl (C=O) groups is 1. The van der Waals surface area contributed by atoms with Crippen molar-refractivity contribution in [1.82, 2.24) is 4.90 Å². The molecule has 156 valence electrons. The number of anilines is 2. The summed E-state index contributed by atoms with van der Waals surface area (Å²) >= 11 is 0. The van der Waals surface area contributed by atoms with E-state index in [-0.39, 0.29) is 5.91 Å². The zero-order valence-corrected chi connectivity index (χ0v) is 17.4. The van der Waals surface area contributed by atoms with Crippen molar-refractivity contribution in [3.05, 3.63) is 78.4 Å². The third-order valence-electron chi connectivity index (χ3n) is 4.63. The number of nitrogens with zero attached hydrogens (tertiary/aromatic N) is 1. The van der Waals surface area contributed by atoms with E-state index in [0.29, 0.717) is 18.7 Å². The number of benzene rings is 3. The molecule has 6 heteroatoms. The van der Waals surface area contributed by atoms with E-state index in [1.54, 1.807) is 26.2 Å². The highest BCUT2D eigenvalue weighted by Crippen LogP contribution is 2.24. The van der Waals surface area contributed by atoms with E-state index in [0.717, 1.165) is 28.6 Å². The molecule has 30 heavy (non-hydrogen) atoms. The van der Waals surface area contributed by atoms with Gasteiger partial charge in [0.15, 0.2) is 0 Å². The predicted molar refractivity (Wildman–Crippen MR) is 118 cm³/mol. The molecule has 3 aromatic carbocycles. The van der Waals surface area contributed by atoms with Gasteiger partial charge >= 0.3 is 0 Å². The molecule has 0 fully saturated rings. The van der Waals surface area contributed by atoms with Gasteiger partial charge in [0, 0.05) is 12.7 Å². The van der Waals surface area contributed by atoms with Crippen molar-refractivity contribution in [1.29, 1.82) is 0 Å². The van der Waals surface area contributed by atoms with Gasteiger partial charge in [-0.05, 0) is 60.7 Å². The van der Waals surface area contributed by atoms with Crippen LogP contribution in [-0.2, 0) is 0 Å². The van der Waals surface area contributed by atoms with Crippen LogP contribution in [0.4, 0.5) is 11.4 Å². The fourth-order valence-corrected chi connectivity index (χ4v) is 2.89.